The molecule has 2 aromatic rings. The molecule has 0 aromatic heterocycles. The lowest BCUT2D eigenvalue weighted by Gasteiger charge is -2.30. The maximum atomic E-state index is 12.8. The molecule has 2 aromatic carbocycles. The number of ether oxygens (including phenoxy) is 1. The molecule has 2 aliphatic rings. The van der Waals surface area contributed by atoms with Crippen molar-refractivity contribution in [1.82, 2.24) is 0 Å². The fourth-order valence-corrected chi connectivity index (χ4v) is 3.84. The minimum atomic E-state index is -0.276. The van der Waals surface area contributed by atoms with E-state index < -0.39 is 0 Å². The number of carbonyl (C=O) groups excluding carboxylic acids is 2. The molecule has 4 rings (SSSR count). The first-order valence-corrected chi connectivity index (χ1v) is 10.3. The van der Waals surface area contributed by atoms with E-state index in [0.717, 1.165) is 42.1 Å². The molecule has 0 spiro atoms. The summed E-state index contributed by atoms with van der Waals surface area (Å²) in [6.07, 6.45) is 1.44. The number of nitrogens with one attached hydrogen (secondary N) is 2. The Bertz CT molecular complexity index is 892. The van der Waals surface area contributed by atoms with Gasteiger partial charge in [0.25, 0.3) is 0 Å². The van der Waals surface area contributed by atoms with E-state index in [9.17, 15) is 9.59 Å². The highest BCUT2D eigenvalue weighted by atomic mass is 16.5. The second-order valence-corrected chi connectivity index (χ2v) is 7.55. The lowest BCUT2D eigenvalue weighted by atomic mass is 10.1. The van der Waals surface area contributed by atoms with E-state index >= 15 is 0 Å². The Morgan fingerprint density at radius 1 is 0.931 bits per heavy atom. The molecule has 1 saturated carbocycles. The number of benzene rings is 2. The normalized spacial score (nSPS) is 20.8. The zero-order valence-corrected chi connectivity index (χ0v) is 16.7. The van der Waals surface area contributed by atoms with Gasteiger partial charge in [-0.05, 0) is 36.6 Å². The number of anilines is 3. The van der Waals surface area contributed by atoms with Crippen molar-refractivity contribution in [2.24, 2.45) is 11.8 Å². The molecule has 1 heterocycles. The molecule has 2 unspecified atom stereocenters. The fraction of sp³-hybridized carbons (Fsp3) is 0.391. The Balaban J connectivity index is 1.38. The average Bonchev–Trinajstić information content (AvgIpc) is 3.56. The lowest BCUT2D eigenvalue weighted by Crippen LogP contribution is -2.36. The Kier molecular flexibility index (Phi) is 5.81. The number of morpholine rings is 1. The van der Waals surface area contributed by atoms with Crippen molar-refractivity contribution < 1.29 is 14.3 Å². The van der Waals surface area contributed by atoms with Crippen molar-refractivity contribution in [2.45, 2.75) is 19.8 Å². The van der Waals surface area contributed by atoms with Crippen LogP contribution in [0.25, 0.3) is 0 Å². The van der Waals surface area contributed by atoms with E-state index in [2.05, 4.69) is 22.5 Å². The third-order valence-electron chi connectivity index (χ3n) is 5.63. The molecular formula is C23H27N3O3. The summed E-state index contributed by atoms with van der Waals surface area (Å²) in [4.78, 5) is 27.6. The smallest absolute Gasteiger partial charge is 0.228 e. The maximum Gasteiger partial charge on any atom is 0.228 e. The molecule has 1 aliphatic carbocycles. The first kappa shape index (κ1) is 19.5. The Morgan fingerprint density at radius 2 is 1.52 bits per heavy atom. The maximum absolute atomic E-state index is 12.8. The van der Waals surface area contributed by atoms with Crippen LogP contribution in [-0.2, 0) is 20.7 Å². The van der Waals surface area contributed by atoms with Crippen LogP contribution in [0.3, 0.4) is 0 Å². The zero-order chi connectivity index (χ0) is 20.2. The number of aryl methyl sites for hydroxylation is 1. The number of hydrogen-bond acceptors (Lipinski definition) is 4. The van der Waals surface area contributed by atoms with E-state index in [0.29, 0.717) is 19.6 Å². The standard InChI is InChI=1S/C23H27N3O3/c1-2-16-7-3-4-8-19(16)24-22(27)17-15-18(17)23(28)25-20-9-5-6-10-21(20)26-11-13-29-14-12-26/h3-10,17-18H,2,11-15H2,1H3,(H,24,27)(H,25,28). The molecule has 2 N–H and O–H groups in total. The summed E-state index contributed by atoms with van der Waals surface area (Å²) in [6.45, 7) is 5.04. The van der Waals surface area contributed by atoms with Crippen LogP contribution in [0, 0.1) is 11.8 Å². The van der Waals surface area contributed by atoms with Gasteiger partial charge in [0, 0.05) is 18.8 Å². The van der Waals surface area contributed by atoms with Crippen LogP contribution in [0.5, 0.6) is 0 Å². The van der Waals surface area contributed by atoms with Gasteiger partial charge in [0.2, 0.25) is 11.8 Å². The third kappa shape index (κ3) is 4.43. The number of rotatable bonds is 6. The van der Waals surface area contributed by atoms with Gasteiger partial charge < -0.3 is 20.3 Å². The zero-order valence-electron chi connectivity index (χ0n) is 16.7. The second-order valence-electron chi connectivity index (χ2n) is 7.55. The van der Waals surface area contributed by atoms with Crippen molar-refractivity contribution in [3.63, 3.8) is 0 Å². The van der Waals surface area contributed by atoms with Crippen LogP contribution >= 0.6 is 0 Å². The summed E-state index contributed by atoms with van der Waals surface area (Å²) in [5.41, 5.74) is 3.73. The number of amides is 2. The molecular weight excluding hydrogens is 366 g/mol. The van der Waals surface area contributed by atoms with E-state index in [1.807, 2.05) is 48.5 Å². The first-order valence-electron chi connectivity index (χ1n) is 10.3. The first-order chi connectivity index (χ1) is 14.2. The molecule has 2 fully saturated rings. The van der Waals surface area contributed by atoms with Gasteiger partial charge in [-0.3, -0.25) is 9.59 Å². The predicted molar refractivity (Wildman–Crippen MR) is 114 cm³/mol. The number of nitrogens with zero attached hydrogens (tertiary/aromatic N) is 1. The fourth-order valence-electron chi connectivity index (χ4n) is 3.84. The molecule has 152 valence electrons. The Hall–Kier alpha value is -2.86. The van der Waals surface area contributed by atoms with Crippen LogP contribution in [0.4, 0.5) is 17.1 Å². The van der Waals surface area contributed by atoms with Crippen molar-refractivity contribution in [1.29, 1.82) is 0 Å². The molecule has 0 bridgehead atoms. The molecule has 1 aliphatic heterocycles. The largest absolute Gasteiger partial charge is 0.378 e. The minimum absolute atomic E-state index is 0.0764. The highest BCUT2D eigenvalue weighted by molar-refractivity contribution is 6.04. The van der Waals surface area contributed by atoms with Gasteiger partial charge in [0.15, 0.2) is 0 Å². The number of para-hydroxylation sites is 3. The van der Waals surface area contributed by atoms with Gasteiger partial charge in [-0.2, -0.15) is 0 Å². The summed E-state index contributed by atoms with van der Waals surface area (Å²) in [5.74, 6) is -0.709. The van der Waals surface area contributed by atoms with Gasteiger partial charge >= 0.3 is 0 Å². The van der Waals surface area contributed by atoms with Gasteiger partial charge in [-0.25, -0.2) is 0 Å². The molecule has 6 heteroatoms. The Morgan fingerprint density at radius 3 is 2.21 bits per heavy atom. The molecule has 1 saturated heterocycles. The van der Waals surface area contributed by atoms with E-state index in [1.54, 1.807) is 0 Å². The average molecular weight is 393 g/mol. The highest BCUT2D eigenvalue weighted by Gasteiger charge is 2.48. The van der Waals surface area contributed by atoms with Gasteiger partial charge in [-0.15, -0.1) is 0 Å². The second kappa shape index (κ2) is 8.66. The molecule has 29 heavy (non-hydrogen) atoms. The van der Waals surface area contributed by atoms with Crippen LogP contribution in [0.2, 0.25) is 0 Å². The number of hydrogen-bond donors (Lipinski definition) is 2. The monoisotopic (exact) mass is 393 g/mol. The molecule has 2 atom stereocenters. The van der Waals surface area contributed by atoms with Crippen LogP contribution < -0.4 is 15.5 Å². The summed E-state index contributed by atoms with van der Waals surface area (Å²) >= 11 is 0. The topological polar surface area (TPSA) is 70.7 Å². The lowest BCUT2D eigenvalue weighted by molar-refractivity contribution is -0.122. The van der Waals surface area contributed by atoms with Crippen LogP contribution in [-0.4, -0.2) is 38.1 Å². The summed E-state index contributed by atoms with van der Waals surface area (Å²) < 4.78 is 5.42. The van der Waals surface area contributed by atoms with Gasteiger partial charge in [-0.1, -0.05) is 37.3 Å². The van der Waals surface area contributed by atoms with Crippen molar-refractivity contribution in [3.8, 4) is 0 Å². The summed E-state index contributed by atoms with van der Waals surface area (Å²) in [6, 6.07) is 15.6. The summed E-state index contributed by atoms with van der Waals surface area (Å²) in [5, 5.41) is 6.03. The van der Waals surface area contributed by atoms with Crippen LogP contribution in [0.1, 0.15) is 18.9 Å². The van der Waals surface area contributed by atoms with E-state index in [1.165, 1.54) is 0 Å². The van der Waals surface area contributed by atoms with Crippen molar-refractivity contribution >= 4 is 28.9 Å². The Labute approximate surface area is 171 Å². The van der Waals surface area contributed by atoms with E-state index in [4.69, 9.17) is 4.74 Å². The highest BCUT2D eigenvalue weighted by Crippen LogP contribution is 2.41. The number of carbonyl (C=O) groups is 2. The van der Waals surface area contributed by atoms with Crippen LogP contribution in [0.15, 0.2) is 48.5 Å². The molecule has 6 nitrogen and oxygen atoms in total. The van der Waals surface area contributed by atoms with Gasteiger partial charge in [0.1, 0.15) is 0 Å². The van der Waals surface area contributed by atoms with Crippen molar-refractivity contribution in [2.75, 3.05) is 41.8 Å². The summed E-state index contributed by atoms with van der Waals surface area (Å²) in [7, 11) is 0. The quantitative estimate of drug-likeness (QED) is 0.790. The predicted octanol–water partition coefficient (Wildman–Crippen LogP) is 3.30. The SMILES string of the molecule is CCc1ccccc1NC(=O)C1CC1C(=O)Nc1ccccc1N1CCOCC1. The minimum Gasteiger partial charge on any atom is -0.378 e. The molecule has 0 radical (unpaired) electrons. The molecule has 2 amide bonds. The van der Waals surface area contributed by atoms with E-state index in [-0.39, 0.29) is 23.7 Å². The van der Waals surface area contributed by atoms with Crippen molar-refractivity contribution in [3.05, 3.63) is 54.1 Å². The van der Waals surface area contributed by atoms with Gasteiger partial charge in [0.05, 0.1) is 36.4 Å². The third-order valence-corrected chi connectivity index (χ3v) is 5.63.